The van der Waals surface area contributed by atoms with Gasteiger partial charge in [-0.15, -0.1) is 0 Å². The zero-order chi connectivity index (χ0) is 20.1. The molecule has 0 aromatic heterocycles. The van der Waals surface area contributed by atoms with E-state index >= 15 is 0 Å². The molecule has 2 aromatic carbocycles. The number of carbonyl (C=O) groups is 2. The minimum atomic E-state index is -0.297. The predicted molar refractivity (Wildman–Crippen MR) is 110 cm³/mol. The van der Waals surface area contributed by atoms with Crippen LogP contribution in [0.15, 0.2) is 48.5 Å². The van der Waals surface area contributed by atoms with Crippen molar-refractivity contribution in [1.29, 1.82) is 0 Å². The topological polar surface area (TPSA) is 58.6 Å². The third-order valence-corrected chi connectivity index (χ3v) is 5.48. The van der Waals surface area contributed by atoms with Crippen molar-refractivity contribution in [2.45, 2.75) is 12.8 Å². The van der Waals surface area contributed by atoms with Gasteiger partial charge in [0.2, 0.25) is 5.91 Å². The van der Waals surface area contributed by atoms with Gasteiger partial charge in [0.1, 0.15) is 0 Å². The molecule has 148 valence electrons. The average molecular weight is 401 g/mol. The summed E-state index contributed by atoms with van der Waals surface area (Å²) in [6, 6.07) is 14.9. The normalized spacial score (nSPS) is 18.9. The van der Waals surface area contributed by atoms with Gasteiger partial charge in [0.15, 0.2) is 0 Å². The molecule has 0 radical (unpaired) electrons. The Balaban J connectivity index is 1.83. The van der Waals surface area contributed by atoms with Crippen LogP contribution in [0, 0.1) is 12.8 Å². The zero-order valence-electron chi connectivity index (χ0n) is 16.2. The maximum Gasteiger partial charge on any atom is 0.253 e. The van der Waals surface area contributed by atoms with Gasteiger partial charge in [-0.1, -0.05) is 35.9 Å². The number of ether oxygens (including phenoxy) is 1. The monoisotopic (exact) mass is 400 g/mol. The van der Waals surface area contributed by atoms with E-state index in [0.29, 0.717) is 36.8 Å². The average Bonchev–Trinajstić information content (AvgIpc) is 3.14. The lowest BCUT2D eigenvalue weighted by Gasteiger charge is -2.19. The number of nitrogens with zero attached hydrogens (tertiary/aromatic N) is 1. The first-order valence-corrected chi connectivity index (χ1v) is 9.76. The van der Waals surface area contributed by atoms with Crippen LogP contribution in [0.5, 0.6) is 0 Å². The Morgan fingerprint density at radius 1 is 1.14 bits per heavy atom. The molecular weight excluding hydrogens is 376 g/mol. The molecule has 1 heterocycles. The smallest absolute Gasteiger partial charge is 0.253 e. The van der Waals surface area contributed by atoms with Crippen molar-refractivity contribution in [1.82, 2.24) is 10.2 Å². The molecular formula is C22H25ClN2O3. The molecule has 0 spiro atoms. The van der Waals surface area contributed by atoms with Crippen LogP contribution in [0.1, 0.15) is 27.4 Å². The van der Waals surface area contributed by atoms with Gasteiger partial charge in [-0.2, -0.15) is 0 Å². The highest BCUT2D eigenvalue weighted by Gasteiger charge is 2.40. The Labute approximate surface area is 170 Å². The van der Waals surface area contributed by atoms with Crippen molar-refractivity contribution < 1.29 is 14.3 Å². The van der Waals surface area contributed by atoms with Crippen molar-refractivity contribution in [3.05, 3.63) is 70.2 Å². The van der Waals surface area contributed by atoms with Crippen LogP contribution >= 0.6 is 11.6 Å². The summed E-state index contributed by atoms with van der Waals surface area (Å²) in [5.74, 6) is -0.464. The Morgan fingerprint density at radius 2 is 1.86 bits per heavy atom. The summed E-state index contributed by atoms with van der Waals surface area (Å²) in [5, 5.41) is 3.52. The molecule has 1 fully saturated rings. The molecule has 2 atom stereocenters. The summed E-state index contributed by atoms with van der Waals surface area (Å²) in [5.41, 5.74) is 2.82. The molecule has 6 heteroatoms. The number of benzene rings is 2. The molecule has 2 aromatic rings. The van der Waals surface area contributed by atoms with E-state index in [1.807, 2.05) is 31.2 Å². The fourth-order valence-corrected chi connectivity index (χ4v) is 3.86. The minimum absolute atomic E-state index is 0.0417. The first-order chi connectivity index (χ1) is 13.5. The molecule has 28 heavy (non-hydrogen) atoms. The largest absolute Gasteiger partial charge is 0.383 e. The first kappa shape index (κ1) is 20.4. The van der Waals surface area contributed by atoms with Crippen molar-refractivity contribution in [3.63, 3.8) is 0 Å². The summed E-state index contributed by atoms with van der Waals surface area (Å²) in [7, 11) is 1.60. The Morgan fingerprint density at radius 3 is 2.54 bits per heavy atom. The fourth-order valence-electron chi connectivity index (χ4n) is 3.74. The van der Waals surface area contributed by atoms with Gasteiger partial charge in [-0.05, 0) is 42.3 Å². The van der Waals surface area contributed by atoms with Crippen LogP contribution in [0.3, 0.4) is 0 Å². The van der Waals surface area contributed by atoms with Gasteiger partial charge in [0.05, 0.1) is 12.5 Å². The van der Waals surface area contributed by atoms with Gasteiger partial charge in [-0.3, -0.25) is 9.59 Å². The molecule has 0 saturated carbocycles. The number of methoxy groups -OCH3 is 1. The maximum absolute atomic E-state index is 13.0. The summed E-state index contributed by atoms with van der Waals surface area (Å²) in [4.78, 5) is 27.6. The molecule has 5 nitrogen and oxygen atoms in total. The number of halogens is 1. The lowest BCUT2D eigenvalue weighted by atomic mass is 9.86. The second-order valence-electron chi connectivity index (χ2n) is 7.07. The van der Waals surface area contributed by atoms with E-state index in [4.69, 9.17) is 16.3 Å². The van der Waals surface area contributed by atoms with Crippen LogP contribution in [0.2, 0.25) is 5.02 Å². The minimum Gasteiger partial charge on any atom is -0.383 e. The number of carbonyl (C=O) groups excluding carboxylic acids is 2. The van der Waals surface area contributed by atoms with Gasteiger partial charge < -0.3 is 15.0 Å². The van der Waals surface area contributed by atoms with Crippen LogP contribution in [0.25, 0.3) is 0 Å². The summed E-state index contributed by atoms with van der Waals surface area (Å²) in [6.07, 6.45) is 0. The van der Waals surface area contributed by atoms with Gasteiger partial charge in [0.25, 0.3) is 5.91 Å². The van der Waals surface area contributed by atoms with E-state index in [-0.39, 0.29) is 23.7 Å². The predicted octanol–water partition coefficient (Wildman–Crippen LogP) is 3.27. The highest BCUT2D eigenvalue weighted by atomic mass is 35.5. The van der Waals surface area contributed by atoms with E-state index in [1.165, 1.54) is 0 Å². The third kappa shape index (κ3) is 4.54. The van der Waals surface area contributed by atoms with E-state index in [9.17, 15) is 9.59 Å². The number of nitrogens with one attached hydrogen (secondary N) is 1. The maximum atomic E-state index is 13.0. The van der Waals surface area contributed by atoms with Crippen molar-refractivity contribution in [3.8, 4) is 0 Å². The number of amides is 2. The highest BCUT2D eigenvalue weighted by molar-refractivity contribution is 6.30. The second-order valence-corrected chi connectivity index (χ2v) is 7.51. The summed E-state index contributed by atoms with van der Waals surface area (Å²) < 4.78 is 5.02. The number of aryl methyl sites for hydroxylation is 1. The zero-order valence-corrected chi connectivity index (χ0v) is 16.9. The molecule has 0 bridgehead atoms. The Kier molecular flexibility index (Phi) is 6.70. The SMILES string of the molecule is COCCNC(=O)C1CN(C(=O)c2ccc(Cl)cc2)CC1c1ccccc1C. The Hall–Kier alpha value is -2.37. The number of rotatable bonds is 6. The summed E-state index contributed by atoms with van der Waals surface area (Å²) >= 11 is 5.93. The summed E-state index contributed by atoms with van der Waals surface area (Å²) in [6.45, 7) is 3.85. The van der Waals surface area contributed by atoms with Gasteiger partial charge >= 0.3 is 0 Å². The molecule has 1 N–H and O–H groups in total. The lowest BCUT2D eigenvalue weighted by Crippen LogP contribution is -2.37. The second kappa shape index (κ2) is 9.22. The van der Waals surface area contributed by atoms with E-state index < -0.39 is 0 Å². The van der Waals surface area contributed by atoms with Gasteiger partial charge in [-0.25, -0.2) is 0 Å². The molecule has 2 unspecified atom stereocenters. The van der Waals surface area contributed by atoms with Gasteiger partial charge in [0, 0.05) is 43.2 Å². The molecule has 1 aliphatic heterocycles. The third-order valence-electron chi connectivity index (χ3n) is 5.23. The van der Waals surface area contributed by atoms with Crippen LogP contribution in [-0.4, -0.2) is 50.1 Å². The van der Waals surface area contributed by atoms with Crippen LogP contribution in [-0.2, 0) is 9.53 Å². The number of likely N-dealkylation sites (tertiary alicyclic amines) is 1. The molecule has 1 saturated heterocycles. The van der Waals surface area contributed by atoms with Crippen molar-refractivity contribution >= 4 is 23.4 Å². The van der Waals surface area contributed by atoms with Crippen molar-refractivity contribution in [2.75, 3.05) is 33.4 Å². The quantitative estimate of drug-likeness (QED) is 0.757. The molecule has 2 amide bonds. The molecule has 3 rings (SSSR count). The first-order valence-electron chi connectivity index (χ1n) is 9.38. The molecule has 1 aliphatic rings. The van der Waals surface area contributed by atoms with E-state index in [1.54, 1.807) is 36.3 Å². The Bertz CT molecular complexity index is 838. The van der Waals surface area contributed by atoms with Crippen LogP contribution < -0.4 is 5.32 Å². The fraction of sp³-hybridized carbons (Fsp3) is 0.364. The van der Waals surface area contributed by atoms with Crippen LogP contribution in [0.4, 0.5) is 0 Å². The number of hydrogen-bond donors (Lipinski definition) is 1. The lowest BCUT2D eigenvalue weighted by molar-refractivity contribution is -0.125. The van der Waals surface area contributed by atoms with Crippen molar-refractivity contribution in [2.24, 2.45) is 5.92 Å². The number of hydrogen-bond acceptors (Lipinski definition) is 3. The van der Waals surface area contributed by atoms with E-state index in [0.717, 1.165) is 11.1 Å². The molecule has 0 aliphatic carbocycles. The van der Waals surface area contributed by atoms with E-state index in [2.05, 4.69) is 5.32 Å². The standard InChI is InChI=1S/C22H25ClN2O3/c1-15-5-3-4-6-18(15)19-13-25(14-20(19)21(26)24-11-12-28-2)22(27)16-7-9-17(23)10-8-16/h3-10,19-20H,11-14H2,1-2H3,(H,24,26). The highest BCUT2D eigenvalue weighted by Crippen LogP contribution is 2.35.